The average molecular weight is 555 g/mol. The standard InChI is InChI=1S/C31H42N2O5S/c1-31(2,3)38-30(35)33(29-19-28(29)26-8-6-5-7-9-26)21-25-14-16-32(17-15-25)20-24-12-10-23(11-13-24)18-27(34)22-39(4,36)37/h5-13,25,28-29H,14-22H2,1-4H3/t28-,29+/m0/s1. The molecule has 1 saturated heterocycles. The van der Waals surface area contributed by atoms with Crippen LogP contribution in [0.5, 0.6) is 0 Å². The van der Waals surface area contributed by atoms with Gasteiger partial charge < -0.3 is 9.64 Å². The van der Waals surface area contributed by atoms with Gasteiger partial charge in [0.1, 0.15) is 11.4 Å². The van der Waals surface area contributed by atoms with Gasteiger partial charge in [-0.3, -0.25) is 9.69 Å². The molecule has 2 atom stereocenters. The number of Topliss-reactive ketones (excluding diaryl/α,β-unsaturated/α-hetero) is 1. The predicted octanol–water partition coefficient (Wildman–Crippen LogP) is 4.85. The molecule has 2 aromatic rings. The Hall–Kier alpha value is -2.71. The van der Waals surface area contributed by atoms with Gasteiger partial charge in [0.25, 0.3) is 0 Å². The van der Waals surface area contributed by atoms with Gasteiger partial charge in [0, 0.05) is 37.7 Å². The molecule has 1 aliphatic carbocycles. The molecule has 0 N–H and O–H groups in total. The minimum absolute atomic E-state index is 0.138. The van der Waals surface area contributed by atoms with Crippen molar-refractivity contribution in [3.63, 3.8) is 0 Å². The molecular weight excluding hydrogens is 512 g/mol. The molecule has 212 valence electrons. The third-order valence-electron chi connectivity index (χ3n) is 7.43. The fourth-order valence-corrected chi connectivity index (χ4v) is 6.13. The number of ether oxygens (including phenoxy) is 1. The molecular formula is C31H42N2O5S. The number of amides is 1. The largest absolute Gasteiger partial charge is 0.444 e. The molecule has 39 heavy (non-hydrogen) atoms. The third-order valence-corrected chi connectivity index (χ3v) is 8.27. The van der Waals surface area contributed by atoms with Gasteiger partial charge in [-0.1, -0.05) is 54.6 Å². The van der Waals surface area contributed by atoms with Crippen LogP contribution in [0, 0.1) is 5.92 Å². The maximum Gasteiger partial charge on any atom is 0.410 e. The smallest absolute Gasteiger partial charge is 0.410 e. The van der Waals surface area contributed by atoms with E-state index in [1.54, 1.807) is 0 Å². The van der Waals surface area contributed by atoms with Crippen LogP contribution in [0.25, 0.3) is 0 Å². The highest BCUT2D eigenvalue weighted by atomic mass is 32.2. The molecule has 4 rings (SSSR count). The first-order chi connectivity index (χ1) is 18.4. The summed E-state index contributed by atoms with van der Waals surface area (Å²) in [5.41, 5.74) is 2.78. The van der Waals surface area contributed by atoms with Gasteiger partial charge in [-0.25, -0.2) is 13.2 Å². The lowest BCUT2D eigenvalue weighted by molar-refractivity contribution is -0.116. The van der Waals surface area contributed by atoms with Gasteiger partial charge in [0.15, 0.2) is 15.6 Å². The second kappa shape index (κ2) is 12.2. The molecule has 1 amide bonds. The molecule has 0 aromatic heterocycles. The highest BCUT2D eigenvalue weighted by Crippen LogP contribution is 2.45. The van der Waals surface area contributed by atoms with Crippen molar-refractivity contribution in [2.45, 2.75) is 70.6 Å². The maximum atomic E-state index is 13.2. The van der Waals surface area contributed by atoms with E-state index >= 15 is 0 Å². The van der Waals surface area contributed by atoms with Crippen molar-refractivity contribution < 1.29 is 22.7 Å². The van der Waals surface area contributed by atoms with Crippen LogP contribution >= 0.6 is 0 Å². The van der Waals surface area contributed by atoms with E-state index in [1.165, 1.54) is 11.1 Å². The first-order valence-electron chi connectivity index (χ1n) is 13.9. The van der Waals surface area contributed by atoms with Crippen LogP contribution in [-0.4, -0.2) is 73.4 Å². The molecule has 2 aromatic carbocycles. The van der Waals surface area contributed by atoms with Crippen molar-refractivity contribution >= 4 is 21.7 Å². The first-order valence-corrected chi connectivity index (χ1v) is 16.0. The zero-order chi connectivity index (χ0) is 28.2. The van der Waals surface area contributed by atoms with Crippen LogP contribution in [-0.2, 0) is 32.3 Å². The van der Waals surface area contributed by atoms with Crippen LogP contribution < -0.4 is 0 Å². The quantitative estimate of drug-likeness (QED) is 0.418. The third kappa shape index (κ3) is 9.17. The fraction of sp³-hybridized carbons (Fsp3) is 0.548. The fourth-order valence-electron chi connectivity index (χ4n) is 5.45. The highest BCUT2D eigenvalue weighted by Gasteiger charge is 2.46. The van der Waals surface area contributed by atoms with E-state index in [1.807, 2.05) is 56.0 Å². The summed E-state index contributed by atoms with van der Waals surface area (Å²) in [4.78, 5) is 29.6. The van der Waals surface area contributed by atoms with E-state index in [0.717, 1.165) is 57.3 Å². The number of sulfone groups is 1. The Morgan fingerprint density at radius 2 is 1.59 bits per heavy atom. The topological polar surface area (TPSA) is 84.0 Å². The van der Waals surface area contributed by atoms with Gasteiger partial charge in [-0.05, 0) is 75.7 Å². The van der Waals surface area contributed by atoms with E-state index in [4.69, 9.17) is 4.74 Å². The second-order valence-electron chi connectivity index (χ2n) is 12.3. The Kier molecular flexibility index (Phi) is 9.17. The maximum absolute atomic E-state index is 13.2. The second-order valence-corrected chi connectivity index (χ2v) is 14.4. The van der Waals surface area contributed by atoms with Crippen LogP contribution in [0.2, 0.25) is 0 Å². The molecule has 0 unspecified atom stereocenters. The molecule has 2 fully saturated rings. The van der Waals surface area contributed by atoms with Crippen molar-refractivity contribution in [3.8, 4) is 0 Å². The molecule has 8 heteroatoms. The number of piperidine rings is 1. The van der Waals surface area contributed by atoms with Crippen LogP contribution in [0.15, 0.2) is 54.6 Å². The molecule has 1 heterocycles. The lowest BCUT2D eigenvalue weighted by atomic mass is 9.95. The highest BCUT2D eigenvalue weighted by molar-refractivity contribution is 7.91. The SMILES string of the molecule is CC(C)(C)OC(=O)N(CC1CCN(Cc2ccc(CC(=O)CS(C)(=O)=O)cc2)CC1)[C@@H]1C[C@H]1c1ccccc1. The Labute approximate surface area is 233 Å². The Morgan fingerprint density at radius 1 is 0.974 bits per heavy atom. The van der Waals surface area contributed by atoms with Crippen molar-refractivity contribution in [1.82, 2.24) is 9.80 Å². The molecule has 2 aliphatic rings. The lowest BCUT2D eigenvalue weighted by Crippen LogP contribution is -2.44. The van der Waals surface area contributed by atoms with Crippen LogP contribution in [0.1, 0.15) is 62.6 Å². The number of ketones is 1. The summed E-state index contributed by atoms with van der Waals surface area (Å²) < 4.78 is 28.5. The number of hydrogen-bond acceptors (Lipinski definition) is 6. The summed E-state index contributed by atoms with van der Waals surface area (Å²) >= 11 is 0. The van der Waals surface area contributed by atoms with Crippen molar-refractivity contribution in [1.29, 1.82) is 0 Å². The zero-order valence-corrected chi connectivity index (χ0v) is 24.5. The van der Waals surface area contributed by atoms with Gasteiger partial charge in [-0.15, -0.1) is 0 Å². The van der Waals surface area contributed by atoms with Crippen molar-refractivity contribution in [2.75, 3.05) is 31.6 Å². The summed E-state index contributed by atoms with van der Waals surface area (Å²) in [5.74, 6) is 0.120. The molecule has 1 saturated carbocycles. The Balaban J connectivity index is 1.29. The van der Waals surface area contributed by atoms with Gasteiger partial charge in [-0.2, -0.15) is 0 Å². The first kappa shape index (κ1) is 29.3. The summed E-state index contributed by atoms with van der Waals surface area (Å²) in [5, 5.41) is 0. The summed E-state index contributed by atoms with van der Waals surface area (Å²) in [6.45, 7) is 9.25. The molecule has 1 aliphatic heterocycles. The number of nitrogens with zero attached hydrogens (tertiary/aromatic N) is 2. The zero-order valence-electron chi connectivity index (χ0n) is 23.6. The summed E-state index contributed by atoms with van der Waals surface area (Å²) in [7, 11) is -3.30. The molecule has 0 spiro atoms. The van der Waals surface area contributed by atoms with Gasteiger partial charge >= 0.3 is 6.09 Å². The molecule has 0 bridgehead atoms. The minimum Gasteiger partial charge on any atom is -0.444 e. The number of rotatable bonds is 10. The van der Waals surface area contributed by atoms with Gasteiger partial charge in [0.2, 0.25) is 0 Å². The Morgan fingerprint density at radius 3 is 2.18 bits per heavy atom. The molecule has 7 nitrogen and oxygen atoms in total. The predicted molar refractivity (Wildman–Crippen MR) is 153 cm³/mol. The molecule has 0 radical (unpaired) electrons. The minimum atomic E-state index is -3.30. The number of carbonyl (C=O) groups excluding carboxylic acids is 2. The van der Waals surface area contributed by atoms with Gasteiger partial charge in [0.05, 0.1) is 0 Å². The summed E-state index contributed by atoms with van der Waals surface area (Å²) in [6, 6.07) is 18.5. The monoisotopic (exact) mass is 554 g/mol. The Bertz CT molecular complexity index is 1230. The van der Waals surface area contributed by atoms with E-state index in [9.17, 15) is 18.0 Å². The van der Waals surface area contributed by atoms with E-state index < -0.39 is 21.2 Å². The van der Waals surface area contributed by atoms with Crippen LogP contribution in [0.3, 0.4) is 0 Å². The van der Waals surface area contributed by atoms with Crippen molar-refractivity contribution in [3.05, 3.63) is 71.3 Å². The number of carbonyl (C=O) groups is 2. The average Bonchev–Trinajstić information content (AvgIpc) is 3.64. The number of hydrogen-bond donors (Lipinski definition) is 0. The van der Waals surface area contributed by atoms with E-state index in [-0.39, 0.29) is 24.3 Å². The van der Waals surface area contributed by atoms with Crippen molar-refractivity contribution in [2.24, 2.45) is 5.92 Å². The lowest BCUT2D eigenvalue weighted by Gasteiger charge is -2.36. The van der Waals surface area contributed by atoms with E-state index in [0.29, 0.717) is 11.8 Å². The number of likely N-dealkylation sites (tertiary alicyclic amines) is 1. The van der Waals surface area contributed by atoms with E-state index in [2.05, 4.69) is 29.2 Å². The number of benzene rings is 2. The normalized spacial score (nSPS) is 20.4. The summed E-state index contributed by atoms with van der Waals surface area (Å²) in [6.07, 6.45) is 4.06. The van der Waals surface area contributed by atoms with Crippen LogP contribution in [0.4, 0.5) is 4.79 Å².